The molecule has 1 heterocycles. The van der Waals surface area contributed by atoms with E-state index in [1.165, 1.54) is 36.7 Å². The standard InChI is InChI=1S/C20H20N2O3S/c1-12-8-9-14(10-13(12)2)15-11-26-20(21-15)22-19(23)18-16(24-3)6-5-7-17(18)25-4/h5-11H,1-4H3,(H,21,22,23). The summed E-state index contributed by atoms with van der Waals surface area (Å²) in [5.41, 5.74) is 4.65. The Hall–Kier alpha value is -2.86. The smallest absolute Gasteiger partial charge is 0.265 e. The number of amides is 1. The summed E-state index contributed by atoms with van der Waals surface area (Å²) >= 11 is 1.38. The van der Waals surface area contributed by atoms with Gasteiger partial charge in [0.25, 0.3) is 5.91 Å². The molecule has 0 fully saturated rings. The maximum atomic E-state index is 12.7. The number of hydrogen-bond donors (Lipinski definition) is 1. The van der Waals surface area contributed by atoms with Crippen molar-refractivity contribution in [2.75, 3.05) is 19.5 Å². The largest absolute Gasteiger partial charge is 0.496 e. The van der Waals surface area contributed by atoms with Gasteiger partial charge in [-0.3, -0.25) is 10.1 Å². The Morgan fingerprint density at radius 3 is 2.35 bits per heavy atom. The van der Waals surface area contributed by atoms with Crippen LogP contribution in [0.15, 0.2) is 41.8 Å². The molecule has 26 heavy (non-hydrogen) atoms. The van der Waals surface area contributed by atoms with Crippen LogP contribution in [-0.2, 0) is 0 Å². The van der Waals surface area contributed by atoms with Gasteiger partial charge in [-0.2, -0.15) is 0 Å². The first-order valence-electron chi connectivity index (χ1n) is 8.09. The molecule has 0 spiro atoms. The first-order chi connectivity index (χ1) is 12.5. The molecule has 3 aromatic rings. The summed E-state index contributed by atoms with van der Waals surface area (Å²) in [5.74, 6) is 0.584. The van der Waals surface area contributed by atoms with Gasteiger partial charge in [-0.25, -0.2) is 4.98 Å². The van der Waals surface area contributed by atoms with Crippen LogP contribution in [0.25, 0.3) is 11.3 Å². The Kier molecular flexibility index (Phi) is 5.23. The molecule has 0 atom stereocenters. The molecule has 0 bridgehead atoms. The van der Waals surface area contributed by atoms with Gasteiger partial charge in [-0.05, 0) is 43.2 Å². The molecule has 0 saturated carbocycles. The molecule has 0 aliphatic carbocycles. The van der Waals surface area contributed by atoms with Crippen molar-refractivity contribution in [2.45, 2.75) is 13.8 Å². The van der Waals surface area contributed by atoms with E-state index in [1.807, 2.05) is 11.4 Å². The Morgan fingerprint density at radius 1 is 1.04 bits per heavy atom. The number of ether oxygens (including phenoxy) is 2. The highest BCUT2D eigenvalue weighted by atomic mass is 32.1. The number of hydrogen-bond acceptors (Lipinski definition) is 5. The van der Waals surface area contributed by atoms with Crippen LogP contribution in [-0.4, -0.2) is 25.1 Å². The van der Waals surface area contributed by atoms with Crippen molar-refractivity contribution in [3.05, 3.63) is 58.5 Å². The number of aryl methyl sites for hydroxylation is 2. The topological polar surface area (TPSA) is 60.5 Å². The molecule has 0 unspecified atom stereocenters. The number of nitrogens with one attached hydrogen (secondary N) is 1. The molecular formula is C20H20N2O3S. The lowest BCUT2D eigenvalue weighted by Crippen LogP contribution is -2.14. The zero-order valence-corrected chi connectivity index (χ0v) is 15.9. The van der Waals surface area contributed by atoms with Crippen molar-refractivity contribution in [3.8, 4) is 22.8 Å². The number of carbonyl (C=O) groups is 1. The van der Waals surface area contributed by atoms with Crippen molar-refractivity contribution in [3.63, 3.8) is 0 Å². The second-order valence-electron chi connectivity index (χ2n) is 5.83. The zero-order valence-electron chi connectivity index (χ0n) is 15.1. The summed E-state index contributed by atoms with van der Waals surface area (Å²) in [6, 6.07) is 11.4. The molecule has 0 aliphatic heterocycles. The van der Waals surface area contributed by atoms with Gasteiger partial charge in [0.2, 0.25) is 0 Å². The Labute approximate surface area is 156 Å². The molecule has 2 aromatic carbocycles. The predicted molar refractivity (Wildman–Crippen MR) is 105 cm³/mol. The molecule has 1 N–H and O–H groups in total. The van der Waals surface area contributed by atoms with Crippen LogP contribution >= 0.6 is 11.3 Å². The number of aromatic nitrogens is 1. The van der Waals surface area contributed by atoms with E-state index in [0.717, 1.165) is 11.3 Å². The van der Waals surface area contributed by atoms with Crippen molar-refractivity contribution in [1.29, 1.82) is 0 Å². The van der Waals surface area contributed by atoms with E-state index >= 15 is 0 Å². The number of nitrogens with zero attached hydrogens (tertiary/aromatic N) is 1. The van der Waals surface area contributed by atoms with E-state index in [9.17, 15) is 4.79 Å². The van der Waals surface area contributed by atoms with Gasteiger partial charge in [-0.1, -0.05) is 18.2 Å². The summed E-state index contributed by atoms with van der Waals surface area (Å²) in [7, 11) is 3.04. The molecule has 1 amide bonds. The van der Waals surface area contributed by atoms with Crippen molar-refractivity contribution in [2.24, 2.45) is 0 Å². The minimum Gasteiger partial charge on any atom is -0.496 e. The molecule has 0 aliphatic rings. The highest BCUT2D eigenvalue weighted by Crippen LogP contribution is 2.31. The summed E-state index contributed by atoms with van der Waals surface area (Å²) in [6.07, 6.45) is 0. The van der Waals surface area contributed by atoms with Crippen molar-refractivity contribution in [1.82, 2.24) is 4.98 Å². The lowest BCUT2D eigenvalue weighted by Gasteiger charge is -2.11. The second kappa shape index (κ2) is 7.58. The Morgan fingerprint density at radius 2 is 1.73 bits per heavy atom. The average Bonchev–Trinajstić information content (AvgIpc) is 3.11. The minimum atomic E-state index is -0.319. The number of benzene rings is 2. The van der Waals surface area contributed by atoms with Gasteiger partial charge in [0.1, 0.15) is 17.1 Å². The van der Waals surface area contributed by atoms with E-state index in [-0.39, 0.29) is 5.91 Å². The molecule has 0 saturated heterocycles. The number of carbonyl (C=O) groups excluding carboxylic acids is 1. The monoisotopic (exact) mass is 368 g/mol. The maximum absolute atomic E-state index is 12.7. The van der Waals surface area contributed by atoms with Gasteiger partial charge >= 0.3 is 0 Å². The van der Waals surface area contributed by atoms with Gasteiger partial charge in [-0.15, -0.1) is 11.3 Å². The molecule has 6 heteroatoms. The van der Waals surface area contributed by atoms with E-state index in [0.29, 0.717) is 22.2 Å². The fourth-order valence-electron chi connectivity index (χ4n) is 2.60. The van der Waals surface area contributed by atoms with Crippen LogP contribution in [0.5, 0.6) is 11.5 Å². The SMILES string of the molecule is COc1cccc(OC)c1C(=O)Nc1nc(-c2ccc(C)c(C)c2)cs1. The number of methoxy groups -OCH3 is 2. The van der Waals surface area contributed by atoms with E-state index in [2.05, 4.69) is 36.3 Å². The zero-order chi connectivity index (χ0) is 18.7. The highest BCUT2D eigenvalue weighted by Gasteiger charge is 2.19. The second-order valence-corrected chi connectivity index (χ2v) is 6.69. The third kappa shape index (κ3) is 3.55. The van der Waals surface area contributed by atoms with E-state index < -0.39 is 0 Å². The van der Waals surface area contributed by atoms with Crippen LogP contribution in [0.1, 0.15) is 21.5 Å². The first kappa shape index (κ1) is 17.9. The van der Waals surface area contributed by atoms with E-state index in [4.69, 9.17) is 9.47 Å². The summed E-state index contributed by atoms with van der Waals surface area (Å²) in [5, 5.41) is 5.29. The van der Waals surface area contributed by atoms with Crippen LogP contribution in [0, 0.1) is 13.8 Å². The van der Waals surface area contributed by atoms with Crippen molar-refractivity contribution < 1.29 is 14.3 Å². The van der Waals surface area contributed by atoms with Gasteiger partial charge in [0.05, 0.1) is 19.9 Å². The molecule has 1 aromatic heterocycles. The summed E-state index contributed by atoms with van der Waals surface area (Å²) < 4.78 is 10.6. The van der Waals surface area contributed by atoms with Gasteiger partial charge in [0.15, 0.2) is 5.13 Å². The molecule has 134 valence electrons. The van der Waals surface area contributed by atoms with Crippen molar-refractivity contribution >= 4 is 22.4 Å². The van der Waals surface area contributed by atoms with Crippen LogP contribution in [0.4, 0.5) is 5.13 Å². The lowest BCUT2D eigenvalue weighted by molar-refractivity contribution is 0.102. The number of thiazole rings is 1. The van der Waals surface area contributed by atoms with Crippen LogP contribution < -0.4 is 14.8 Å². The Balaban J connectivity index is 1.86. The number of anilines is 1. The van der Waals surface area contributed by atoms with Crippen LogP contribution in [0.3, 0.4) is 0 Å². The molecular weight excluding hydrogens is 348 g/mol. The summed E-state index contributed by atoms with van der Waals surface area (Å²) in [4.78, 5) is 17.2. The molecule has 0 radical (unpaired) electrons. The van der Waals surface area contributed by atoms with Gasteiger partial charge < -0.3 is 9.47 Å². The fourth-order valence-corrected chi connectivity index (χ4v) is 3.31. The highest BCUT2D eigenvalue weighted by molar-refractivity contribution is 7.14. The minimum absolute atomic E-state index is 0.319. The first-order valence-corrected chi connectivity index (χ1v) is 8.97. The predicted octanol–water partition coefficient (Wildman–Crippen LogP) is 4.70. The normalized spacial score (nSPS) is 10.5. The third-order valence-corrected chi connectivity index (χ3v) is 4.94. The maximum Gasteiger partial charge on any atom is 0.265 e. The quantitative estimate of drug-likeness (QED) is 0.709. The Bertz CT molecular complexity index is 928. The van der Waals surface area contributed by atoms with Gasteiger partial charge in [0, 0.05) is 10.9 Å². The average molecular weight is 368 g/mol. The molecule has 3 rings (SSSR count). The summed E-state index contributed by atoms with van der Waals surface area (Å²) in [6.45, 7) is 4.15. The van der Waals surface area contributed by atoms with E-state index in [1.54, 1.807) is 18.2 Å². The third-order valence-electron chi connectivity index (χ3n) is 4.18. The molecule has 5 nitrogen and oxygen atoms in total. The lowest BCUT2D eigenvalue weighted by atomic mass is 10.1. The van der Waals surface area contributed by atoms with Crippen LogP contribution in [0.2, 0.25) is 0 Å². The fraction of sp³-hybridized carbons (Fsp3) is 0.200. The number of rotatable bonds is 5.